The van der Waals surface area contributed by atoms with E-state index in [-0.39, 0.29) is 0 Å². The Morgan fingerprint density at radius 2 is 1.86 bits per heavy atom. The van der Waals surface area contributed by atoms with Gasteiger partial charge in [0.1, 0.15) is 0 Å². The molecule has 35 heavy (non-hydrogen) atoms. The molecule has 188 valence electrons. The first-order valence-electron chi connectivity index (χ1n) is 13.9. The van der Waals surface area contributed by atoms with Crippen molar-refractivity contribution in [1.82, 2.24) is 19.7 Å². The van der Waals surface area contributed by atoms with Gasteiger partial charge in [-0.1, -0.05) is 36.4 Å². The van der Waals surface area contributed by atoms with E-state index < -0.39 is 0 Å². The molecular formula is C30H42N4O. The predicted octanol–water partition coefficient (Wildman–Crippen LogP) is 4.98. The van der Waals surface area contributed by atoms with Crippen LogP contribution in [0.4, 0.5) is 0 Å². The first-order chi connectivity index (χ1) is 17.2. The first-order valence-corrected chi connectivity index (χ1v) is 13.9. The van der Waals surface area contributed by atoms with Crippen molar-refractivity contribution in [3.8, 4) is 0 Å². The molecule has 5 rings (SSSR count). The number of amides is 1. The van der Waals surface area contributed by atoms with Crippen LogP contribution >= 0.6 is 0 Å². The minimum atomic E-state index is 0.298. The maximum absolute atomic E-state index is 13.1. The van der Waals surface area contributed by atoms with Crippen LogP contribution in [-0.4, -0.2) is 63.9 Å². The van der Waals surface area contributed by atoms with Crippen LogP contribution in [0.15, 0.2) is 54.9 Å². The van der Waals surface area contributed by atoms with Gasteiger partial charge >= 0.3 is 0 Å². The quantitative estimate of drug-likeness (QED) is 0.514. The number of nitrogens with zero attached hydrogens (tertiary/aromatic N) is 4. The molecule has 0 saturated carbocycles. The number of carbonyl (C=O) groups excluding carboxylic acids is 1. The molecule has 3 saturated heterocycles. The van der Waals surface area contributed by atoms with Gasteiger partial charge in [-0.3, -0.25) is 19.6 Å². The molecule has 1 aromatic carbocycles. The van der Waals surface area contributed by atoms with Crippen molar-refractivity contribution >= 4 is 5.91 Å². The Bertz CT molecular complexity index is 934. The highest BCUT2D eigenvalue weighted by molar-refractivity contribution is 5.76. The molecule has 1 aromatic heterocycles. The fourth-order valence-electron chi connectivity index (χ4n) is 7.19. The summed E-state index contributed by atoms with van der Waals surface area (Å²) in [5.41, 5.74) is 2.53. The highest BCUT2D eigenvalue weighted by atomic mass is 16.2. The van der Waals surface area contributed by atoms with Crippen molar-refractivity contribution in [2.24, 2.45) is 11.8 Å². The molecule has 0 spiro atoms. The summed E-state index contributed by atoms with van der Waals surface area (Å²) in [6.45, 7) is 8.34. The number of carbonyl (C=O) groups is 1. The lowest BCUT2D eigenvalue weighted by Crippen LogP contribution is -2.64. The number of rotatable bonds is 9. The molecule has 4 atom stereocenters. The Labute approximate surface area is 211 Å². The molecule has 5 nitrogen and oxygen atoms in total. The topological polar surface area (TPSA) is 39.7 Å². The zero-order valence-corrected chi connectivity index (χ0v) is 21.4. The average molecular weight is 475 g/mol. The monoisotopic (exact) mass is 474 g/mol. The molecule has 0 unspecified atom stereocenters. The minimum absolute atomic E-state index is 0.298. The molecular weight excluding hydrogens is 432 g/mol. The molecule has 3 fully saturated rings. The lowest BCUT2D eigenvalue weighted by Gasteiger charge is -2.57. The highest BCUT2D eigenvalue weighted by Gasteiger charge is 2.48. The van der Waals surface area contributed by atoms with Crippen LogP contribution in [0.1, 0.15) is 63.0 Å². The predicted molar refractivity (Wildman–Crippen MR) is 141 cm³/mol. The Hall–Kier alpha value is -2.24. The second kappa shape index (κ2) is 11.7. The van der Waals surface area contributed by atoms with Crippen molar-refractivity contribution in [2.45, 2.75) is 77.0 Å². The van der Waals surface area contributed by atoms with Crippen molar-refractivity contribution in [3.05, 3.63) is 66.0 Å². The van der Waals surface area contributed by atoms with Crippen LogP contribution in [0.2, 0.25) is 0 Å². The second-order valence-corrected chi connectivity index (χ2v) is 10.9. The van der Waals surface area contributed by atoms with Gasteiger partial charge in [-0.05, 0) is 87.6 Å². The lowest BCUT2D eigenvalue weighted by atomic mass is 9.69. The molecule has 0 N–H and O–H groups in total. The third-order valence-electron chi connectivity index (χ3n) is 8.73. The zero-order chi connectivity index (χ0) is 24.0. The molecule has 5 heteroatoms. The third kappa shape index (κ3) is 5.78. The van der Waals surface area contributed by atoms with E-state index in [0.29, 0.717) is 24.9 Å². The lowest BCUT2D eigenvalue weighted by molar-refractivity contribution is -0.132. The minimum Gasteiger partial charge on any atom is -0.339 e. The van der Waals surface area contributed by atoms with E-state index in [1.54, 1.807) is 0 Å². The van der Waals surface area contributed by atoms with Gasteiger partial charge in [0.15, 0.2) is 0 Å². The molecule has 3 aliphatic heterocycles. The van der Waals surface area contributed by atoms with Crippen LogP contribution in [0.5, 0.6) is 0 Å². The molecule has 0 radical (unpaired) electrons. The Kier molecular flexibility index (Phi) is 8.15. The van der Waals surface area contributed by atoms with Gasteiger partial charge in [0.25, 0.3) is 0 Å². The summed E-state index contributed by atoms with van der Waals surface area (Å²) in [5.74, 6) is 1.83. The van der Waals surface area contributed by atoms with E-state index in [2.05, 4.69) is 58.1 Å². The SMILES string of the molecule is CCN(Cc1ccccc1)C(=O)CCC[C@@H]1[C@H]2CCCN3CCC[C@@H](CN1Cc1cccnc1)[C@@H]23. The van der Waals surface area contributed by atoms with Gasteiger partial charge in [-0.2, -0.15) is 0 Å². The van der Waals surface area contributed by atoms with E-state index in [0.717, 1.165) is 43.8 Å². The fraction of sp³-hybridized carbons (Fsp3) is 0.600. The average Bonchev–Trinajstić information content (AvgIpc) is 2.90. The van der Waals surface area contributed by atoms with E-state index in [1.807, 2.05) is 23.4 Å². The van der Waals surface area contributed by atoms with Gasteiger partial charge < -0.3 is 4.90 Å². The second-order valence-electron chi connectivity index (χ2n) is 10.9. The van der Waals surface area contributed by atoms with Crippen LogP contribution in [-0.2, 0) is 17.9 Å². The summed E-state index contributed by atoms with van der Waals surface area (Å²) >= 11 is 0. The summed E-state index contributed by atoms with van der Waals surface area (Å²) < 4.78 is 0. The van der Waals surface area contributed by atoms with Crippen molar-refractivity contribution < 1.29 is 4.79 Å². The number of hydrogen-bond acceptors (Lipinski definition) is 4. The molecule has 3 aliphatic rings. The highest BCUT2D eigenvalue weighted by Crippen LogP contribution is 2.43. The van der Waals surface area contributed by atoms with Crippen molar-refractivity contribution in [2.75, 3.05) is 26.2 Å². The van der Waals surface area contributed by atoms with Gasteiger partial charge in [-0.15, -0.1) is 0 Å². The third-order valence-corrected chi connectivity index (χ3v) is 8.73. The summed E-state index contributed by atoms with van der Waals surface area (Å²) in [4.78, 5) is 25.1. The van der Waals surface area contributed by atoms with Gasteiger partial charge in [0.05, 0.1) is 0 Å². The normalized spacial score (nSPS) is 26.8. The number of aromatic nitrogens is 1. The maximum atomic E-state index is 13.1. The van der Waals surface area contributed by atoms with E-state index in [1.165, 1.54) is 56.4 Å². The van der Waals surface area contributed by atoms with Crippen LogP contribution in [0.25, 0.3) is 0 Å². The number of benzene rings is 1. The molecule has 1 amide bonds. The van der Waals surface area contributed by atoms with Crippen LogP contribution in [0, 0.1) is 11.8 Å². The molecule has 2 aromatic rings. The van der Waals surface area contributed by atoms with Crippen LogP contribution < -0.4 is 0 Å². The maximum Gasteiger partial charge on any atom is 0.222 e. The van der Waals surface area contributed by atoms with E-state index >= 15 is 0 Å². The smallest absolute Gasteiger partial charge is 0.222 e. The summed E-state index contributed by atoms with van der Waals surface area (Å²) in [6.07, 6.45) is 12.0. The van der Waals surface area contributed by atoms with Crippen molar-refractivity contribution in [3.63, 3.8) is 0 Å². The number of likely N-dealkylation sites (tertiary alicyclic amines) is 1. The number of pyridine rings is 1. The number of piperidine rings is 3. The van der Waals surface area contributed by atoms with Crippen molar-refractivity contribution in [1.29, 1.82) is 0 Å². The molecule has 0 bridgehead atoms. The largest absolute Gasteiger partial charge is 0.339 e. The Morgan fingerprint density at radius 1 is 1.06 bits per heavy atom. The molecule has 4 heterocycles. The standard InChI is InChI=1S/C30H42N4O/c1-2-32(21-24-10-4-3-5-11-24)29(35)16-6-15-28-27-14-9-19-33-18-8-13-26(30(27)33)23-34(28)22-25-12-7-17-31-20-25/h3-5,7,10-12,17,20,26-28,30H,2,6,8-9,13-16,18-19,21-23H2,1H3/t26-,27+,28+,30-/m0/s1. The summed E-state index contributed by atoms with van der Waals surface area (Å²) in [6, 6.07) is 16.0. The van der Waals surface area contributed by atoms with E-state index in [9.17, 15) is 4.79 Å². The van der Waals surface area contributed by atoms with Gasteiger partial charge in [0, 0.05) is 57.1 Å². The van der Waals surface area contributed by atoms with Crippen LogP contribution in [0.3, 0.4) is 0 Å². The first kappa shape index (κ1) is 24.5. The fourth-order valence-corrected chi connectivity index (χ4v) is 7.19. The summed E-state index contributed by atoms with van der Waals surface area (Å²) in [7, 11) is 0. The van der Waals surface area contributed by atoms with E-state index in [4.69, 9.17) is 0 Å². The zero-order valence-electron chi connectivity index (χ0n) is 21.4. The van der Waals surface area contributed by atoms with Gasteiger partial charge in [-0.25, -0.2) is 0 Å². The number of hydrogen-bond donors (Lipinski definition) is 0. The van der Waals surface area contributed by atoms with Gasteiger partial charge in [0.2, 0.25) is 5.91 Å². The molecule has 0 aliphatic carbocycles. The Balaban J connectivity index is 1.25. The summed E-state index contributed by atoms with van der Waals surface area (Å²) in [5, 5.41) is 0. The Morgan fingerprint density at radius 3 is 2.63 bits per heavy atom.